The van der Waals surface area contributed by atoms with Gasteiger partial charge in [0, 0.05) is 61.6 Å². The molecule has 0 bridgehead atoms. The third-order valence-corrected chi connectivity index (χ3v) is 9.53. The highest BCUT2D eigenvalue weighted by Gasteiger charge is 2.38. The van der Waals surface area contributed by atoms with Crippen LogP contribution in [0.1, 0.15) is 100 Å². The molecule has 11 heteroatoms. The molecule has 2 aliphatic heterocycles. The van der Waals surface area contributed by atoms with E-state index in [4.69, 9.17) is 19.4 Å². The fraction of sp³-hybridized carbons (Fsp3) is 0.475. The molecule has 0 aliphatic carbocycles. The van der Waals surface area contributed by atoms with Crippen molar-refractivity contribution in [2.75, 3.05) is 29.4 Å². The molecule has 1 saturated heterocycles. The maximum absolute atomic E-state index is 13.9. The molecule has 51 heavy (non-hydrogen) atoms. The number of hydrogen-bond acceptors (Lipinski definition) is 11. The summed E-state index contributed by atoms with van der Waals surface area (Å²) in [4.78, 5) is 54.0. The van der Waals surface area contributed by atoms with E-state index in [-0.39, 0.29) is 11.5 Å². The van der Waals surface area contributed by atoms with Crippen LogP contribution in [0.2, 0.25) is 0 Å². The number of pyridine rings is 1. The zero-order chi connectivity index (χ0) is 36.5. The number of hydrogen-bond donors (Lipinski definition) is 0. The summed E-state index contributed by atoms with van der Waals surface area (Å²) in [6.07, 6.45) is 8.90. The topological polar surface area (TPSA) is 124 Å². The van der Waals surface area contributed by atoms with E-state index >= 15 is 0 Å². The number of anilines is 2. The van der Waals surface area contributed by atoms with Crippen LogP contribution in [0.15, 0.2) is 49.1 Å². The number of ether oxygens (including phenoxy) is 2. The Morgan fingerprint density at radius 1 is 0.941 bits per heavy atom. The van der Waals surface area contributed by atoms with Crippen molar-refractivity contribution in [3.8, 4) is 22.5 Å². The lowest BCUT2D eigenvalue weighted by atomic mass is 9.81. The van der Waals surface area contributed by atoms with E-state index in [0.29, 0.717) is 35.1 Å². The van der Waals surface area contributed by atoms with Crippen molar-refractivity contribution in [1.29, 1.82) is 0 Å². The molecule has 0 radical (unpaired) electrons. The van der Waals surface area contributed by atoms with Crippen molar-refractivity contribution in [1.82, 2.24) is 24.9 Å². The molecule has 0 N–H and O–H groups in total. The molecular formula is C40H49N7O4. The van der Waals surface area contributed by atoms with Gasteiger partial charge in [0.25, 0.3) is 0 Å². The summed E-state index contributed by atoms with van der Waals surface area (Å²) >= 11 is 0. The second-order valence-corrected chi connectivity index (χ2v) is 15.6. The lowest BCUT2D eigenvalue weighted by molar-refractivity contribution is -0.171. The van der Waals surface area contributed by atoms with E-state index in [1.165, 1.54) is 5.56 Å². The maximum atomic E-state index is 13.9. The minimum absolute atomic E-state index is 0.180. The Labute approximate surface area is 300 Å². The average Bonchev–Trinajstić information content (AvgIpc) is 3.09. The van der Waals surface area contributed by atoms with E-state index in [0.717, 1.165) is 73.3 Å². The predicted molar refractivity (Wildman–Crippen MR) is 198 cm³/mol. The van der Waals surface area contributed by atoms with Crippen LogP contribution in [0.25, 0.3) is 22.5 Å². The number of aromatic nitrogens is 5. The van der Waals surface area contributed by atoms with Crippen molar-refractivity contribution >= 4 is 23.9 Å². The zero-order valence-corrected chi connectivity index (χ0v) is 31.1. The Balaban J connectivity index is 1.44. The van der Waals surface area contributed by atoms with Crippen LogP contribution in [0.4, 0.5) is 11.6 Å². The number of aryl methyl sites for hydroxylation is 1. The van der Waals surface area contributed by atoms with Gasteiger partial charge in [0.2, 0.25) is 5.95 Å². The van der Waals surface area contributed by atoms with Gasteiger partial charge in [-0.2, -0.15) is 0 Å². The first kappa shape index (κ1) is 36.0. The van der Waals surface area contributed by atoms with E-state index < -0.39 is 17.7 Å². The lowest BCUT2D eigenvalue weighted by Gasteiger charge is -2.41. The highest BCUT2D eigenvalue weighted by atomic mass is 16.6. The average molecular weight is 692 g/mol. The van der Waals surface area contributed by atoms with Crippen LogP contribution < -0.4 is 9.80 Å². The number of aldehydes is 1. The van der Waals surface area contributed by atoms with E-state index in [1.807, 2.05) is 47.6 Å². The molecule has 268 valence electrons. The molecule has 1 aromatic carbocycles. The standard InChI is InChI=1S/C40H49N7O4/c1-25(2)50-37(49)36(51-39(4,5)6)33-26(3)44-32(24-48)34(35(33)46-19-13-40(7,8)14-20-46)28-9-10-29-23-47(18-12-27(29)21-28)38-43-15-11-30(45-38)31-22-41-16-17-42-31/h9-11,15-17,21-22,24-25,36H,12-14,18-20,23H2,1-8H3/t36-/m0/s1. The monoisotopic (exact) mass is 691 g/mol. The summed E-state index contributed by atoms with van der Waals surface area (Å²) in [5.41, 5.74) is 7.26. The summed E-state index contributed by atoms with van der Waals surface area (Å²) in [6, 6.07) is 8.20. The molecule has 0 spiro atoms. The Bertz CT molecular complexity index is 1900. The Kier molecular flexibility index (Phi) is 10.2. The summed E-state index contributed by atoms with van der Waals surface area (Å²) in [5, 5.41) is 0. The van der Waals surface area contributed by atoms with Crippen molar-refractivity contribution in [2.24, 2.45) is 5.41 Å². The van der Waals surface area contributed by atoms with Crippen LogP contribution >= 0.6 is 0 Å². The normalized spacial score (nSPS) is 16.5. The number of carbonyl (C=O) groups excluding carboxylic acids is 2. The molecule has 0 saturated carbocycles. The summed E-state index contributed by atoms with van der Waals surface area (Å²) in [7, 11) is 0. The van der Waals surface area contributed by atoms with Gasteiger partial charge in [-0.1, -0.05) is 32.0 Å². The van der Waals surface area contributed by atoms with Crippen LogP contribution in [-0.2, 0) is 27.2 Å². The number of benzene rings is 1. The number of nitrogens with zero attached hydrogens (tertiary/aromatic N) is 7. The van der Waals surface area contributed by atoms with Crippen LogP contribution in [-0.4, -0.2) is 68.5 Å². The van der Waals surface area contributed by atoms with E-state index in [2.05, 4.69) is 56.8 Å². The van der Waals surface area contributed by atoms with Crippen molar-refractivity contribution in [3.63, 3.8) is 0 Å². The quantitative estimate of drug-likeness (QED) is 0.132. The van der Waals surface area contributed by atoms with Gasteiger partial charge in [-0.3, -0.25) is 14.8 Å². The Hall–Kier alpha value is -4.77. The largest absolute Gasteiger partial charge is 0.461 e. The molecule has 4 aromatic rings. The van der Waals surface area contributed by atoms with Gasteiger partial charge in [-0.25, -0.2) is 19.7 Å². The molecule has 3 aromatic heterocycles. The first-order valence-electron chi connectivity index (χ1n) is 17.8. The van der Waals surface area contributed by atoms with E-state index in [1.54, 1.807) is 24.8 Å². The number of esters is 1. The van der Waals surface area contributed by atoms with Crippen LogP contribution in [0.5, 0.6) is 0 Å². The fourth-order valence-corrected chi connectivity index (χ4v) is 6.90. The van der Waals surface area contributed by atoms with Gasteiger partial charge in [0.1, 0.15) is 11.4 Å². The maximum Gasteiger partial charge on any atom is 0.340 e. The van der Waals surface area contributed by atoms with E-state index in [9.17, 15) is 9.59 Å². The van der Waals surface area contributed by atoms with Crippen LogP contribution in [0, 0.1) is 12.3 Å². The predicted octanol–water partition coefficient (Wildman–Crippen LogP) is 7.11. The van der Waals surface area contributed by atoms with Crippen molar-refractivity contribution < 1.29 is 19.1 Å². The molecule has 1 fully saturated rings. The molecule has 11 nitrogen and oxygen atoms in total. The van der Waals surface area contributed by atoms with Crippen molar-refractivity contribution in [3.05, 3.63) is 77.1 Å². The summed E-state index contributed by atoms with van der Waals surface area (Å²) in [6.45, 7) is 18.8. The number of carbonyl (C=O) groups is 2. The third kappa shape index (κ3) is 8.09. The molecular weight excluding hydrogens is 642 g/mol. The molecule has 6 rings (SSSR count). The van der Waals surface area contributed by atoms with Crippen LogP contribution in [0.3, 0.4) is 0 Å². The SMILES string of the molecule is Cc1nc(C=O)c(-c2ccc3c(c2)CCN(c2nccc(-c4cnccn4)n2)C3)c(N2CCC(C)(C)CC2)c1[C@H](OC(C)(C)C)C(=O)OC(C)C. The number of rotatable bonds is 9. The second kappa shape index (κ2) is 14.5. The first-order valence-corrected chi connectivity index (χ1v) is 17.8. The van der Waals surface area contributed by atoms with Gasteiger partial charge in [-0.15, -0.1) is 0 Å². The Morgan fingerprint density at radius 3 is 2.37 bits per heavy atom. The smallest absolute Gasteiger partial charge is 0.340 e. The summed E-state index contributed by atoms with van der Waals surface area (Å²) < 4.78 is 12.3. The minimum Gasteiger partial charge on any atom is -0.461 e. The van der Waals surface area contributed by atoms with Gasteiger partial charge in [0.15, 0.2) is 12.4 Å². The number of fused-ring (bicyclic) bond motifs is 1. The van der Waals surface area contributed by atoms with Gasteiger partial charge in [0.05, 0.1) is 29.3 Å². The molecule has 2 aliphatic rings. The summed E-state index contributed by atoms with van der Waals surface area (Å²) in [5.74, 6) is 0.168. The lowest BCUT2D eigenvalue weighted by Crippen LogP contribution is -2.39. The second-order valence-electron chi connectivity index (χ2n) is 15.6. The highest BCUT2D eigenvalue weighted by molar-refractivity contribution is 5.96. The van der Waals surface area contributed by atoms with Gasteiger partial charge in [-0.05, 0) is 89.0 Å². The minimum atomic E-state index is -1.03. The molecule has 0 unspecified atom stereocenters. The Morgan fingerprint density at radius 2 is 1.71 bits per heavy atom. The highest BCUT2D eigenvalue weighted by Crippen LogP contribution is 2.45. The number of piperidine rings is 1. The molecule has 1 atom stereocenters. The van der Waals surface area contributed by atoms with Crippen molar-refractivity contribution in [2.45, 2.75) is 99.0 Å². The van der Waals surface area contributed by atoms with Gasteiger partial charge < -0.3 is 19.3 Å². The first-order chi connectivity index (χ1) is 24.2. The third-order valence-electron chi connectivity index (χ3n) is 9.53. The van der Waals surface area contributed by atoms with Gasteiger partial charge >= 0.3 is 5.97 Å². The zero-order valence-electron chi connectivity index (χ0n) is 31.1. The fourth-order valence-electron chi connectivity index (χ4n) is 6.90. The molecule has 5 heterocycles. The molecule has 0 amide bonds.